The summed E-state index contributed by atoms with van der Waals surface area (Å²) in [7, 11) is 3.58. The number of benzene rings is 1. The zero-order valence-corrected chi connectivity index (χ0v) is 11.7. The van der Waals surface area contributed by atoms with E-state index in [1.165, 1.54) is 6.20 Å². The first-order valence-electron chi connectivity index (χ1n) is 6.43. The fourth-order valence-electron chi connectivity index (χ4n) is 2.35. The van der Waals surface area contributed by atoms with Gasteiger partial charge in [-0.1, -0.05) is 0 Å². The molecule has 0 spiro atoms. The molecule has 0 saturated carbocycles. The lowest BCUT2D eigenvalue weighted by Gasteiger charge is -2.05. The van der Waals surface area contributed by atoms with Crippen molar-refractivity contribution < 1.29 is 14.6 Å². The summed E-state index contributed by atoms with van der Waals surface area (Å²) < 4.78 is 7.25. The second-order valence-corrected chi connectivity index (χ2v) is 4.75. The number of fused-ring (bicyclic) bond motifs is 1. The van der Waals surface area contributed by atoms with E-state index in [2.05, 4.69) is 4.98 Å². The summed E-state index contributed by atoms with van der Waals surface area (Å²) in [6, 6.07) is 11.2. The van der Waals surface area contributed by atoms with Crippen molar-refractivity contribution in [1.29, 1.82) is 0 Å². The Bertz CT molecular complexity index is 819. The van der Waals surface area contributed by atoms with Crippen LogP contribution in [-0.4, -0.2) is 27.7 Å². The molecule has 0 aliphatic carbocycles. The van der Waals surface area contributed by atoms with Gasteiger partial charge < -0.3 is 14.4 Å². The minimum absolute atomic E-state index is 0.180. The minimum Gasteiger partial charge on any atom is -0.497 e. The lowest BCUT2D eigenvalue weighted by molar-refractivity contribution is 0.0696. The van der Waals surface area contributed by atoms with Gasteiger partial charge in [-0.2, -0.15) is 0 Å². The zero-order valence-electron chi connectivity index (χ0n) is 11.7. The Balaban J connectivity index is 2.11. The molecule has 2 aromatic heterocycles. The molecule has 0 aliphatic rings. The van der Waals surface area contributed by atoms with Gasteiger partial charge in [0.05, 0.1) is 29.6 Å². The lowest BCUT2D eigenvalue weighted by atomic mass is 10.2. The first kappa shape index (κ1) is 13.2. The fraction of sp³-hybridized carbons (Fsp3) is 0.125. The highest BCUT2D eigenvalue weighted by Crippen LogP contribution is 2.28. The number of aromatic carboxylic acids is 1. The van der Waals surface area contributed by atoms with Gasteiger partial charge in [-0.15, -0.1) is 0 Å². The van der Waals surface area contributed by atoms with E-state index in [1.807, 2.05) is 35.9 Å². The van der Waals surface area contributed by atoms with Crippen molar-refractivity contribution in [2.75, 3.05) is 7.11 Å². The predicted octanol–water partition coefficient (Wildman–Crippen LogP) is 2.95. The Morgan fingerprint density at radius 2 is 2.05 bits per heavy atom. The van der Waals surface area contributed by atoms with E-state index in [4.69, 9.17) is 9.84 Å². The Kier molecular flexibility index (Phi) is 3.10. The summed E-state index contributed by atoms with van der Waals surface area (Å²) in [5, 5.41) is 9.99. The van der Waals surface area contributed by atoms with Crippen molar-refractivity contribution in [2.24, 2.45) is 7.05 Å². The van der Waals surface area contributed by atoms with Crippen LogP contribution in [0.4, 0.5) is 0 Å². The summed E-state index contributed by atoms with van der Waals surface area (Å²) in [4.78, 5) is 15.1. The smallest absolute Gasteiger partial charge is 0.337 e. The average molecular weight is 282 g/mol. The Labute approximate surface area is 121 Å². The van der Waals surface area contributed by atoms with Crippen molar-refractivity contribution in [3.05, 3.63) is 48.2 Å². The quantitative estimate of drug-likeness (QED) is 0.802. The normalized spacial score (nSPS) is 10.8. The third-order valence-corrected chi connectivity index (χ3v) is 3.53. The molecule has 0 unspecified atom stereocenters. The second kappa shape index (κ2) is 4.94. The number of rotatable bonds is 3. The van der Waals surface area contributed by atoms with Crippen LogP contribution >= 0.6 is 0 Å². The van der Waals surface area contributed by atoms with Gasteiger partial charge in [0.25, 0.3) is 0 Å². The molecule has 5 nitrogen and oxygen atoms in total. The molecule has 0 atom stereocenters. The van der Waals surface area contributed by atoms with Crippen LogP contribution in [0, 0.1) is 0 Å². The largest absolute Gasteiger partial charge is 0.497 e. The summed E-state index contributed by atoms with van der Waals surface area (Å²) in [6.07, 6.45) is 1.37. The van der Waals surface area contributed by atoms with Crippen LogP contribution in [0.5, 0.6) is 5.75 Å². The van der Waals surface area contributed by atoms with Gasteiger partial charge in [0.1, 0.15) is 5.75 Å². The maximum absolute atomic E-state index is 10.9. The van der Waals surface area contributed by atoms with Gasteiger partial charge >= 0.3 is 5.97 Å². The van der Waals surface area contributed by atoms with Crippen molar-refractivity contribution in [2.45, 2.75) is 0 Å². The molecule has 3 aromatic rings. The van der Waals surface area contributed by atoms with E-state index >= 15 is 0 Å². The van der Waals surface area contributed by atoms with E-state index in [9.17, 15) is 4.79 Å². The third kappa shape index (κ3) is 2.23. The first-order chi connectivity index (χ1) is 10.1. The average Bonchev–Trinajstić information content (AvgIpc) is 2.84. The number of aryl methyl sites for hydroxylation is 1. The van der Waals surface area contributed by atoms with Crippen LogP contribution in [-0.2, 0) is 7.05 Å². The SMILES string of the molecule is COc1ccc2cc(-c3ccc(C(=O)O)cn3)n(C)c2c1. The number of hydrogen-bond donors (Lipinski definition) is 1. The van der Waals surface area contributed by atoms with Gasteiger partial charge in [-0.05, 0) is 30.3 Å². The van der Waals surface area contributed by atoms with Gasteiger partial charge in [-0.25, -0.2) is 4.79 Å². The molecule has 0 amide bonds. The van der Waals surface area contributed by atoms with Crippen LogP contribution in [0.25, 0.3) is 22.3 Å². The molecule has 21 heavy (non-hydrogen) atoms. The van der Waals surface area contributed by atoms with Crippen LogP contribution < -0.4 is 4.74 Å². The molecule has 0 aliphatic heterocycles. The Morgan fingerprint density at radius 3 is 2.67 bits per heavy atom. The van der Waals surface area contributed by atoms with Crippen LogP contribution in [0.1, 0.15) is 10.4 Å². The number of nitrogens with zero attached hydrogens (tertiary/aromatic N) is 2. The van der Waals surface area contributed by atoms with Gasteiger partial charge in [0.2, 0.25) is 0 Å². The number of hydrogen-bond acceptors (Lipinski definition) is 3. The minimum atomic E-state index is -0.976. The third-order valence-electron chi connectivity index (χ3n) is 3.53. The number of ether oxygens (including phenoxy) is 1. The van der Waals surface area contributed by atoms with Crippen LogP contribution in [0.2, 0.25) is 0 Å². The Hall–Kier alpha value is -2.82. The number of pyridine rings is 1. The molecule has 1 N–H and O–H groups in total. The summed E-state index contributed by atoms with van der Waals surface area (Å²) in [6.45, 7) is 0. The highest BCUT2D eigenvalue weighted by molar-refractivity contribution is 5.89. The van der Waals surface area contributed by atoms with Crippen molar-refractivity contribution in [3.8, 4) is 17.1 Å². The Morgan fingerprint density at radius 1 is 1.24 bits per heavy atom. The van der Waals surface area contributed by atoms with E-state index in [0.717, 1.165) is 28.0 Å². The summed E-state index contributed by atoms with van der Waals surface area (Å²) >= 11 is 0. The fourth-order valence-corrected chi connectivity index (χ4v) is 2.35. The monoisotopic (exact) mass is 282 g/mol. The van der Waals surface area contributed by atoms with Gasteiger partial charge in [0, 0.05) is 24.7 Å². The van der Waals surface area contributed by atoms with Crippen LogP contribution in [0.15, 0.2) is 42.6 Å². The van der Waals surface area contributed by atoms with E-state index < -0.39 is 5.97 Å². The molecule has 5 heteroatoms. The molecular formula is C16H14N2O3. The number of carbonyl (C=O) groups is 1. The molecule has 0 radical (unpaired) electrons. The first-order valence-corrected chi connectivity index (χ1v) is 6.43. The molecule has 0 fully saturated rings. The van der Waals surface area contributed by atoms with E-state index in [-0.39, 0.29) is 5.56 Å². The van der Waals surface area contributed by atoms with Gasteiger partial charge in [0.15, 0.2) is 0 Å². The standard InChI is InChI=1S/C16H14N2O3/c1-18-14-8-12(21-2)5-3-10(14)7-15(18)13-6-4-11(9-17-13)16(19)20/h3-9H,1-2H3,(H,19,20). The molecule has 2 heterocycles. The van der Waals surface area contributed by atoms with Gasteiger partial charge in [-0.3, -0.25) is 4.98 Å². The summed E-state index contributed by atoms with van der Waals surface area (Å²) in [5.74, 6) is -0.180. The highest BCUT2D eigenvalue weighted by atomic mass is 16.5. The number of aromatic nitrogens is 2. The maximum Gasteiger partial charge on any atom is 0.337 e. The molecule has 3 rings (SSSR count). The number of methoxy groups -OCH3 is 1. The number of carboxylic acids is 1. The molecule has 0 bridgehead atoms. The number of carboxylic acid groups (broad SMARTS) is 1. The maximum atomic E-state index is 10.9. The highest BCUT2D eigenvalue weighted by Gasteiger charge is 2.11. The zero-order chi connectivity index (χ0) is 15.0. The topological polar surface area (TPSA) is 64.3 Å². The van der Waals surface area contributed by atoms with E-state index in [0.29, 0.717) is 0 Å². The van der Waals surface area contributed by atoms with Crippen molar-refractivity contribution >= 4 is 16.9 Å². The van der Waals surface area contributed by atoms with E-state index in [1.54, 1.807) is 19.2 Å². The molecule has 0 saturated heterocycles. The predicted molar refractivity (Wildman–Crippen MR) is 79.7 cm³/mol. The summed E-state index contributed by atoms with van der Waals surface area (Å²) in [5.41, 5.74) is 2.88. The van der Waals surface area contributed by atoms with Crippen molar-refractivity contribution in [1.82, 2.24) is 9.55 Å². The second-order valence-electron chi connectivity index (χ2n) is 4.75. The lowest BCUT2D eigenvalue weighted by Crippen LogP contribution is -1.98. The molecule has 1 aromatic carbocycles. The molecular weight excluding hydrogens is 268 g/mol. The molecule has 106 valence electrons. The van der Waals surface area contributed by atoms with Crippen LogP contribution in [0.3, 0.4) is 0 Å². The van der Waals surface area contributed by atoms with Crippen molar-refractivity contribution in [3.63, 3.8) is 0 Å².